The highest BCUT2D eigenvalue weighted by Gasteiger charge is 2.31. The number of nitrogens with one attached hydrogen (secondary N) is 1. The molecule has 1 aliphatic heterocycles. The van der Waals surface area contributed by atoms with E-state index in [1.54, 1.807) is 16.2 Å². The van der Waals surface area contributed by atoms with Gasteiger partial charge in [-0.05, 0) is 36.3 Å². The number of thiophene rings is 1. The SMILES string of the molecule is Cn1cnc(S(=O)(=O)N2CCC(Cc3n[nH]c(=O)n3-c3cccs3)CC2)c1. The molecule has 0 aliphatic carbocycles. The minimum atomic E-state index is -3.55. The van der Waals surface area contributed by atoms with Crippen molar-refractivity contribution in [2.75, 3.05) is 13.1 Å². The minimum Gasteiger partial charge on any atom is -0.339 e. The molecule has 0 saturated carbocycles. The number of sulfonamides is 1. The van der Waals surface area contributed by atoms with Gasteiger partial charge in [-0.1, -0.05) is 0 Å². The molecule has 0 spiro atoms. The Morgan fingerprint density at radius 2 is 2.11 bits per heavy atom. The topological polar surface area (TPSA) is 106 Å². The van der Waals surface area contributed by atoms with Crippen molar-refractivity contribution in [1.82, 2.24) is 28.6 Å². The summed E-state index contributed by atoms with van der Waals surface area (Å²) in [7, 11) is -1.81. The lowest BCUT2D eigenvalue weighted by Crippen LogP contribution is -2.39. The van der Waals surface area contributed by atoms with Gasteiger partial charge in [0.05, 0.1) is 6.33 Å². The molecule has 3 aromatic rings. The fourth-order valence-electron chi connectivity index (χ4n) is 3.36. The zero-order valence-corrected chi connectivity index (χ0v) is 16.4. The molecule has 0 amide bonds. The number of hydrogen-bond donors (Lipinski definition) is 1. The van der Waals surface area contributed by atoms with E-state index in [4.69, 9.17) is 0 Å². The van der Waals surface area contributed by atoms with Gasteiger partial charge in [0, 0.05) is 32.8 Å². The molecular weight excluding hydrogens is 388 g/mol. The largest absolute Gasteiger partial charge is 0.348 e. The normalized spacial score (nSPS) is 16.8. The van der Waals surface area contributed by atoms with Crippen molar-refractivity contribution in [3.63, 3.8) is 0 Å². The number of rotatable bonds is 5. The van der Waals surface area contributed by atoms with Crippen LogP contribution in [0, 0.1) is 5.92 Å². The average molecular weight is 409 g/mol. The van der Waals surface area contributed by atoms with Crippen LogP contribution < -0.4 is 5.69 Å². The van der Waals surface area contributed by atoms with E-state index in [-0.39, 0.29) is 16.6 Å². The molecule has 1 saturated heterocycles. The van der Waals surface area contributed by atoms with E-state index >= 15 is 0 Å². The van der Waals surface area contributed by atoms with Gasteiger partial charge in [0.15, 0.2) is 5.03 Å². The van der Waals surface area contributed by atoms with Crippen LogP contribution in [-0.2, 0) is 23.5 Å². The summed E-state index contributed by atoms with van der Waals surface area (Å²) in [5.74, 6) is 0.961. The van der Waals surface area contributed by atoms with Crippen molar-refractivity contribution >= 4 is 21.4 Å². The summed E-state index contributed by atoms with van der Waals surface area (Å²) in [5.41, 5.74) is -0.248. The monoisotopic (exact) mass is 408 g/mol. The molecule has 4 heterocycles. The number of aromatic amines is 1. The second kappa shape index (κ2) is 7.06. The Kier molecular flexibility index (Phi) is 4.74. The van der Waals surface area contributed by atoms with Crippen LogP contribution in [0.25, 0.3) is 5.00 Å². The lowest BCUT2D eigenvalue weighted by atomic mass is 9.94. The lowest BCUT2D eigenvalue weighted by Gasteiger charge is -2.30. The van der Waals surface area contributed by atoms with Gasteiger partial charge in [-0.3, -0.25) is 0 Å². The Balaban J connectivity index is 1.45. The minimum absolute atomic E-state index is 0.0854. The molecule has 11 heteroatoms. The van der Waals surface area contributed by atoms with Crippen LogP contribution in [0.1, 0.15) is 18.7 Å². The van der Waals surface area contributed by atoms with Crippen molar-refractivity contribution in [2.24, 2.45) is 13.0 Å². The molecule has 0 unspecified atom stereocenters. The maximum atomic E-state index is 12.7. The van der Waals surface area contributed by atoms with Crippen LogP contribution in [0.3, 0.4) is 0 Å². The predicted octanol–water partition coefficient (Wildman–Crippen LogP) is 0.999. The summed E-state index contributed by atoms with van der Waals surface area (Å²) in [6, 6.07) is 3.78. The van der Waals surface area contributed by atoms with Gasteiger partial charge in [0.1, 0.15) is 10.8 Å². The first kappa shape index (κ1) is 18.1. The zero-order chi connectivity index (χ0) is 19.0. The Morgan fingerprint density at radius 1 is 1.33 bits per heavy atom. The summed E-state index contributed by atoms with van der Waals surface area (Å²) in [4.78, 5) is 16.1. The number of aryl methyl sites for hydroxylation is 1. The fraction of sp³-hybridized carbons (Fsp3) is 0.438. The molecule has 1 N–H and O–H groups in total. The van der Waals surface area contributed by atoms with Gasteiger partial charge in [0.25, 0.3) is 10.0 Å². The summed E-state index contributed by atoms with van der Waals surface area (Å²) < 4.78 is 30.0. The highest BCUT2D eigenvalue weighted by atomic mass is 32.2. The number of hydrogen-bond acceptors (Lipinski definition) is 6. The highest BCUT2D eigenvalue weighted by Crippen LogP contribution is 2.26. The van der Waals surface area contributed by atoms with Crippen LogP contribution in [0.5, 0.6) is 0 Å². The van der Waals surface area contributed by atoms with Gasteiger partial charge in [-0.25, -0.2) is 27.9 Å². The number of H-pyrrole nitrogens is 1. The van der Waals surface area contributed by atoms with Crippen LogP contribution in [0.15, 0.2) is 39.9 Å². The maximum Gasteiger partial charge on any atom is 0.348 e. The van der Waals surface area contributed by atoms with Crippen LogP contribution in [0.2, 0.25) is 0 Å². The highest BCUT2D eigenvalue weighted by molar-refractivity contribution is 7.89. The molecule has 0 radical (unpaired) electrons. The number of aromatic nitrogens is 5. The molecule has 0 atom stereocenters. The number of piperidine rings is 1. The van der Waals surface area contributed by atoms with E-state index in [0.29, 0.717) is 25.3 Å². The summed E-state index contributed by atoms with van der Waals surface area (Å²) >= 11 is 1.48. The molecule has 27 heavy (non-hydrogen) atoms. The Bertz CT molecular complexity index is 1070. The lowest BCUT2D eigenvalue weighted by molar-refractivity contribution is 0.269. The predicted molar refractivity (Wildman–Crippen MR) is 100 cm³/mol. The standard InChI is InChI=1S/C16H20N6O3S2/c1-20-10-14(17-11-20)27(24,25)21-6-4-12(5-7-21)9-13-18-19-16(23)22(13)15-3-2-8-26-15/h2-3,8,10-12H,4-7,9H2,1H3,(H,19,23). The van der Waals surface area contributed by atoms with Crippen LogP contribution >= 0.6 is 11.3 Å². The molecule has 4 rings (SSSR count). The van der Waals surface area contributed by atoms with Gasteiger partial charge in [-0.15, -0.1) is 11.3 Å². The van der Waals surface area contributed by atoms with Crippen molar-refractivity contribution in [3.8, 4) is 5.00 Å². The maximum absolute atomic E-state index is 12.7. The molecule has 1 fully saturated rings. The third-order valence-electron chi connectivity index (χ3n) is 4.80. The van der Waals surface area contributed by atoms with Crippen LogP contribution in [-0.4, -0.2) is 50.1 Å². The van der Waals surface area contributed by atoms with E-state index in [2.05, 4.69) is 15.2 Å². The van der Waals surface area contributed by atoms with Crippen molar-refractivity contribution in [3.05, 3.63) is 46.3 Å². The Hall–Kier alpha value is -2.24. The van der Waals surface area contributed by atoms with Gasteiger partial charge >= 0.3 is 5.69 Å². The first-order chi connectivity index (χ1) is 12.9. The van der Waals surface area contributed by atoms with Gasteiger partial charge in [-0.2, -0.15) is 9.40 Å². The molecule has 0 aromatic carbocycles. The first-order valence-electron chi connectivity index (χ1n) is 8.63. The van der Waals surface area contributed by atoms with Crippen molar-refractivity contribution in [2.45, 2.75) is 24.3 Å². The van der Waals surface area contributed by atoms with Crippen molar-refractivity contribution < 1.29 is 8.42 Å². The molecule has 3 aromatic heterocycles. The average Bonchev–Trinajstić information content (AvgIpc) is 3.38. The second-order valence-electron chi connectivity index (χ2n) is 6.66. The smallest absolute Gasteiger partial charge is 0.339 e. The van der Waals surface area contributed by atoms with Gasteiger partial charge in [0.2, 0.25) is 0 Å². The van der Waals surface area contributed by atoms with E-state index in [1.807, 2.05) is 17.5 Å². The molecule has 1 aliphatic rings. The zero-order valence-electron chi connectivity index (χ0n) is 14.8. The summed E-state index contributed by atoms with van der Waals surface area (Å²) in [5, 5.41) is 9.52. The van der Waals surface area contributed by atoms with Crippen molar-refractivity contribution in [1.29, 1.82) is 0 Å². The van der Waals surface area contributed by atoms with E-state index < -0.39 is 10.0 Å². The number of nitrogens with zero attached hydrogens (tertiary/aromatic N) is 5. The third kappa shape index (κ3) is 3.49. The van der Waals surface area contributed by atoms with Crippen LogP contribution in [0.4, 0.5) is 0 Å². The molecule has 144 valence electrons. The summed E-state index contributed by atoms with van der Waals surface area (Å²) in [6.45, 7) is 0.883. The Morgan fingerprint density at radius 3 is 2.74 bits per heavy atom. The Labute approximate surface area is 160 Å². The quantitative estimate of drug-likeness (QED) is 0.678. The van der Waals surface area contributed by atoms with Gasteiger partial charge < -0.3 is 4.57 Å². The second-order valence-corrected chi connectivity index (χ2v) is 9.47. The fourth-order valence-corrected chi connectivity index (χ4v) is 5.54. The van der Waals surface area contributed by atoms with E-state index in [1.165, 1.54) is 28.2 Å². The molecule has 9 nitrogen and oxygen atoms in total. The first-order valence-corrected chi connectivity index (χ1v) is 11.0. The third-order valence-corrected chi connectivity index (χ3v) is 7.44. The summed E-state index contributed by atoms with van der Waals surface area (Å²) in [6.07, 6.45) is 5.08. The molecular formula is C16H20N6O3S2. The molecule has 0 bridgehead atoms. The van der Waals surface area contributed by atoms with E-state index in [9.17, 15) is 13.2 Å². The van der Waals surface area contributed by atoms with E-state index in [0.717, 1.165) is 17.8 Å². The number of imidazole rings is 1.